The Morgan fingerprint density at radius 2 is 1.94 bits per heavy atom. The molecule has 6 atom stereocenters. The van der Waals surface area contributed by atoms with Gasteiger partial charge in [0.05, 0.1) is 18.6 Å². The van der Waals surface area contributed by atoms with Crippen molar-refractivity contribution in [2.75, 3.05) is 41.0 Å². The molecule has 2 heterocycles. The van der Waals surface area contributed by atoms with Crippen LogP contribution in [0.3, 0.4) is 0 Å². The predicted octanol–water partition coefficient (Wildman–Crippen LogP) is 4.26. The summed E-state index contributed by atoms with van der Waals surface area (Å²) in [6.45, 7) is 8.54. The summed E-state index contributed by atoms with van der Waals surface area (Å²) in [5, 5.41) is 0. The van der Waals surface area contributed by atoms with Crippen LogP contribution in [0.2, 0.25) is 0 Å². The zero-order valence-electron chi connectivity index (χ0n) is 22.5. The van der Waals surface area contributed by atoms with Gasteiger partial charge in [-0.15, -0.1) is 0 Å². The van der Waals surface area contributed by atoms with E-state index in [0.29, 0.717) is 19.6 Å². The Bertz CT molecular complexity index is 962. The zero-order chi connectivity index (χ0) is 25.9. The Balaban J connectivity index is 1.36. The topological polar surface area (TPSA) is 73.1 Å². The van der Waals surface area contributed by atoms with E-state index in [9.17, 15) is 4.79 Å². The summed E-state index contributed by atoms with van der Waals surface area (Å²) in [5.41, 5.74) is 1.61. The molecule has 0 aromatic heterocycles. The maximum Gasteiger partial charge on any atom is 0.331 e. The van der Waals surface area contributed by atoms with Crippen LogP contribution in [0, 0.1) is 5.92 Å². The molecule has 36 heavy (non-hydrogen) atoms. The molecule has 4 rings (SSSR count). The van der Waals surface area contributed by atoms with E-state index < -0.39 is 0 Å². The summed E-state index contributed by atoms with van der Waals surface area (Å²) in [7, 11) is 5.72. The van der Waals surface area contributed by atoms with Crippen LogP contribution >= 0.6 is 0 Å². The molecule has 2 aliphatic heterocycles. The first-order chi connectivity index (χ1) is 17.2. The standard InChI is InChI=1S/C29H41NO6/c1-20(2)7-13-24-28(3,36-24)27-26(32-6)23(15-16-29(27)19-34-29)35-25(31)14-10-21-8-11-22(12-9-21)33-18-17-30(4)5/h7-12,14,23-24,26-27H,13,15-19H2,1-6H3/b14-10+/t23-,24?,26-,27-,28+,29?/m1/s1. The van der Waals surface area contributed by atoms with Gasteiger partial charge in [0, 0.05) is 19.7 Å². The predicted molar refractivity (Wildman–Crippen MR) is 139 cm³/mol. The number of nitrogens with zero attached hydrogens (tertiary/aromatic N) is 1. The summed E-state index contributed by atoms with van der Waals surface area (Å²) < 4.78 is 29.8. The molecular formula is C29H41NO6. The normalized spacial score (nSPS) is 33.1. The van der Waals surface area contributed by atoms with Gasteiger partial charge in [-0.1, -0.05) is 23.8 Å². The number of carbonyl (C=O) groups excluding carboxylic acids is 1. The van der Waals surface area contributed by atoms with Crippen molar-refractivity contribution >= 4 is 12.0 Å². The molecule has 3 fully saturated rings. The highest BCUT2D eigenvalue weighted by Crippen LogP contribution is 2.59. The monoisotopic (exact) mass is 499 g/mol. The van der Waals surface area contributed by atoms with Crippen LogP contribution in [0.5, 0.6) is 5.75 Å². The molecule has 3 aliphatic rings. The molecule has 0 bridgehead atoms. The van der Waals surface area contributed by atoms with Crippen LogP contribution in [0.15, 0.2) is 42.0 Å². The molecule has 2 saturated heterocycles. The van der Waals surface area contributed by atoms with E-state index in [0.717, 1.165) is 30.7 Å². The van der Waals surface area contributed by atoms with Crippen molar-refractivity contribution in [2.45, 2.75) is 69.5 Å². The number of epoxide rings is 2. The molecule has 198 valence electrons. The van der Waals surface area contributed by atoms with Gasteiger partial charge < -0.3 is 28.6 Å². The number of rotatable bonds is 11. The Labute approximate surface area is 215 Å². The highest BCUT2D eigenvalue weighted by molar-refractivity contribution is 5.87. The number of benzene rings is 1. The Morgan fingerprint density at radius 1 is 1.22 bits per heavy atom. The molecule has 1 saturated carbocycles. The van der Waals surface area contributed by atoms with E-state index in [2.05, 4.69) is 31.7 Å². The molecule has 7 nitrogen and oxygen atoms in total. The minimum atomic E-state index is -0.372. The minimum absolute atomic E-state index is 0.0149. The fourth-order valence-electron chi connectivity index (χ4n) is 5.44. The van der Waals surface area contributed by atoms with Crippen LogP contribution in [-0.4, -0.2) is 81.3 Å². The van der Waals surface area contributed by atoms with Gasteiger partial charge in [0.25, 0.3) is 0 Å². The summed E-state index contributed by atoms with van der Waals surface area (Å²) in [4.78, 5) is 14.8. The molecule has 7 heteroatoms. The van der Waals surface area contributed by atoms with Gasteiger partial charge in [-0.2, -0.15) is 0 Å². The number of allylic oxidation sites excluding steroid dienone is 1. The van der Waals surface area contributed by atoms with Crippen molar-refractivity contribution in [1.82, 2.24) is 4.90 Å². The van der Waals surface area contributed by atoms with Crippen LogP contribution in [0.25, 0.3) is 6.08 Å². The third-order valence-electron chi connectivity index (χ3n) is 7.60. The van der Waals surface area contributed by atoms with Crippen molar-refractivity contribution in [1.29, 1.82) is 0 Å². The maximum atomic E-state index is 12.7. The lowest BCUT2D eigenvalue weighted by Gasteiger charge is -2.42. The summed E-state index contributed by atoms with van der Waals surface area (Å²) in [5.74, 6) is 0.450. The van der Waals surface area contributed by atoms with E-state index in [-0.39, 0.29) is 41.4 Å². The van der Waals surface area contributed by atoms with Crippen molar-refractivity contribution in [2.24, 2.45) is 5.92 Å². The molecule has 0 radical (unpaired) electrons. The second kappa shape index (κ2) is 11.1. The SMILES string of the molecule is CO[C@@H]1[C@H](OC(=O)/C=C/c2ccc(OCCN(C)C)cc2)CCC2(CO2)[C@H]1[C@@]1(C)OC1CC=C(C)C. The van der Waals surface area contributed by atoms with Gasteiger partial charge >= 0.3 is 5.97 Å². The quantitative estimate of drug-likeness (QED) is 0.195. The zero-order valence-corrected chi connectivity index (χ0v) is 22.5. The van der Waals surface area contributed by atoms with Gasteiger partial charge in [-0.25, -0.2) is 4.79 Å². The molecule has 1 spiro atoms. The molecule has 0 N–H and O–H groups in total. The Kier molecular flexibility index (Phi) is 8.25. The van der Waals surface area contributed by atoms with E-state index in [4.69, 9.17) is 23.7 Å². The van der Waals surface area contributed by atoms with Gasteiger partial charge in [0.1, 0.15) is 35.8 Å². The summed E-state index contributed by atoms with van der Waals surface area (Å²) in [6.07, 6.45) is 7.38. The first-order valence-corrected chi connectivity index (χ1v) is 12.9. The fourth-order valence-corrected chi connectivity index (χ4v) is 5.44. The average Bonchev–Trinajstić information content (AvgIpc) is 3.75. The first kappa shape index (κ1) is 26.9. The van der Waals surface area contributed by atoms with E-state index in [1.807, 2.05) is 38.4 Å². The van der Waals surface area contributed by atoms with Gasteiger partial charge in [-0.05, 0) is 77.9 Å². The van der Waals surface area contributed by atoms with Gasteiger partial charge in [-0.3, -0.25) is 0 Å². The lowest BCUT2D eigenvalue weighted by Crippen LogP contribution is -2.55. The Hall–Kier alpha value is -2.19. The number of esters is 1. The number of hydrogen-bond donors (Lipinski definition) is 0. The molecular weight excluding hydrogens is 458 g/mol. The van der Waals surface area contributed by atoms with Crippen molar-refractivity contribution < 1.29 is 28.5 Å². The second-order valence-corrected chi connectivity index (χ2v) is 10.9. The lowest BCUT2D eigenvalue weighted by atomic mass is 9.68. The molecule has 0 amide bonds. The van der Waals surface area contributed by atoms with Crippen LogP contribution in [-0.2, 0) is 23.7 Å². The molecule has 1 aromatic carbocycles. The summed E-state index contributed by atoms with van der Waals surface area (Å²) >= 11 is 0. The van der Waals surface area contributed by atoms with Crippen molar-refractivity contribution in [3.05, 3.63) is 47.6 Å². The van der Waals surface area contributed by atoms with Crippen molar-refractivity contribution in [3.63, 3.8) is 0 Å². The average molecular weight is 500 g/mol. The number of hydrogen-bond acceptors (Lipinski definition) is 7. The summed E-state index contributed by atoms with van der Waals surface area (Å²) in [6, 6.07) is 7.67. The number of likely N-dealkylation sites (N-methyl/N-ethyl adjacent to an activating group) is 1. The third kappa shape index (κ3) is 6.20. The first-order valence-electron chi connectivity index (χ1n) is 12.9. The van der Waals surface area contributed by atoms with E-state index >= 15 is 0 Å². The number of methoxy groups -OCH3 is 1. The van der Waals surface area contributed by atoms with Crippen LogP contribution < -0.4 is 4.74 Å². The van der Waals surface area contributed by atoms with Crippen molar-refractivity contribution in [3.8, 4) is 5.75 Å². The number of carbonyl (C=O) groups is 1. The van der Waals surface area contributed by atoms with Crippen LogP contribution in [0.4, 0.5) is 0 Å². The maximum absolute atomic E-state index is 12.7. The minimum Gasteiger partial charge on any atom is -0.492 e. The fraction of sp³-hybridized carbons (Fsp3) is 0.621. The highest BCUT2D eigenvalue weighted by atomic mass is 16.6. The largest absolute Gasteiger partial charge is 0.492 e. The molecule has 2 unspecified atom stereocenters. The van der Waals surface area contributed by atoms with Crippen LogP contribution in [0.1, 0.15) is 45.6 Å². The molecule has 1 aliphatic carbocycles. The Morgan fingerprint density at radius 3 is 2.56 bits per heavy atom. The van der Waals surface area contributed by atoms with E-state index in [1.165, 1.54) is 11.6 Å². The number of ether oxygens (including phenoxy) is 5. The second-order valence-electron chi connectivity index (χ2n) is 10.9. The smallest absolute Gasteiger partial charge is 0.331 e. The lowest BCUT2D eigenvalue weighted by molar-refractivity contribution is -0.166. The third-order valence-corrected chi connectivity index (χ3v) is 7.60. The van der Waals surface area contributed by atoms with Gasteiger partial charge in [0.15, 0.2) is 0 Å². The van der Waals surface area contributed by atoms with Gasteiger partial charge in [0.2, 0.25) is 0 Å². The highest BCUT2D eigenvalue weighted by Gasteiger charge is 2.72. The molecule has 1 aromatic rings. The van der Waals surface area contributed by atoms with E-state index in [1.54, 1.807) is 13.2 Å².